The van der Waals surface area contributed by atoms with E-state index in [0.29, 0.717) is 40.0 Å². The SMILES string of the molecule is CO[C@@H]1CCN(c2cc3ncnc(Nc4ccc5ncccc5c4F)c3c(O[C@H](C)CN(C)C)n2)C1. The molecule has 2 atom stereocenters. The molecule has 10 heteroatoms. The van der Waals surface area contributed by atoms with Gasteiger partial charge in [-0.2, -0.15) is 4.98 Å². The first-order valence-electron chi connectivity index (χ1n) is 12.0. The van der Waals surface area contributed by atoms with Crippen molar-refractivity contribution >= 4 is 39.1 Å². The van der Waals surface area contributed by atoms with Gasteiger partial charge in [-0.15, -0.1) is 0 Å². The number of nitrogens with zero attached hydrogens (tertiary/aromatic N) is 6. The van der Waals surface area contributed by atoms with E-state index in [2.05, 4.69) is 30.1 Å². The molecule has 3 aromatic heterocycles. The molecule has 36 heavy (non-hydrogen) atoms. The highest BCUT2D eigenvalue weighted by Gasteiger charge is 2.26. The van der Waals surface area contributed by atoms with Gasteiger partial charge in [-0.05, 0) is 51.7 Å². The Hall–Kier alpha value is -3.63. The highest BCUT2D eigenvalue weighted by molar-refractivity contribution is 5.97. The Bertz CT molecular complexity index is 1380. The number of fused-ring (bicyclic) bond motifs is 2. The van der Waals surface area contributed by atoms with Crippen molar-refractivity contribution in [3.63, 3.8) is 0 Å². The normalized spacial score (nSPS) is 16.7. The number of benzene rings is 1. The summed E-state index contributed by atoms with van der Waals surface area (Å²) in [5.74, 6) is 1.19. The minimum Gasteiger partial charge on any atom is -0.473 e. The van der Waals surface area contributed by atoms with Crippen LogP contribution in [-0.4, -0.2) is 77.9 Å². The van der Waals surface area contributed by atoms with Crippen molar-refractivity contribution in [3.8, 4) is 5.88 Å². The molecule has 1 saturated heterocycles. The van der Waals surface area contributed by atoms with Crippen LogP contribution in [0.2, 0.25) is 0 Å². The molecule has 0 unspecified atom stereocenters. The van der Waals surface area contributed by atoms with Gasteiger partial charge in [0.25, 0.3) is 0 Å². The van der Waals surface area contributed by atoms with Crippen LogP contribution >= 0.6 is 0 Å². The zero-order valence-electron chi connectivity index (χ0n) is 20.9. The first-order valence-corrected chi connectivity index (χ1v) is 12.0. The van der Waals surface area contributed by atoms with E-state index < -0.39 is 5.82 Å². The largest absolute Gasteiger partial charge is 0.473 e. The predicted molar refractivity (Wildman–Crippen MR) is 139 cm³/mol. The number of rotatable bonds is 8. The number of ether oxygens (including phenoxy) is 2. The van der Waals surface area contributed by atoms with Gasteiger partial charge in [0.05, 0.1) is 22.8 Å². The van der Waals surface area contributed by atoms with Gasteiger partial charge in [0.15, 0.2) is 5.82 Å². The Morgan fingerprint density at radius 2 is 2.06 bits per heavy atom. The fourth-order valence-corrected chi connectivity index (χ4v) is 4.59. The van der Waals surface area contributed by atoms with E-state index >= 15 is 4.39 Å². The molecule has 1 aliphatic heterocycles. The van der Waals surface area contributed by atoms with Crippen molar-refractivity contribution < 1.29 is 13.9 Å². The number of hydrogen-bond donors (Lipinski definition) is 1. The summed E-state index contributed by atoms with van der Waals surface area (Å²) in [6.07, 6.45) is 4.05. The number of pyridine rings is 2. The van der Waals surface area contributed by atoms with Gasteiger partial charge in [-0.3, -0.25) is 4.98 Å². The Kier molecular flexibility index (Phi) is 6.80. The molecule has 5 rings (SSSR count). The second-order valence-corrected chi connectivity index (χ2v) is 9.31. The topological polar surface area (TPSA) is 88.5 Å². The molecule has 9 nitrogen and oxygen atoms in total. The fraction of sp³-hybridized carbons (Fsp3) is 0.385. The summed E-state index contributed by atoms with van der Waals surface area (Å²) in [5.41, 5.74) is 1.53. The van der Waals surface area contributed by atoms with E-state index in [1.54, 1.807) is 37.6 Å². The highest BCUT2D eigenvalue weighted by atomic mass is 19.1. The molecule has 1 fully saturated rings. The molecule has 4 heterocycles. The van der Waals surface area contributed by atoms with Gasteiger partial charge >= 0.3 is 0 Å². The van der Waals surface area contributed by atoms with Gasteiger partial charge in [-0.1, -0.05) is 0 Å². The lowest BCUT2D eigenvalue weighted by Gasteiger charge is -2.23. The molecule has 1 N–H and O–H groups in total. The van der Waals surface area contributed by atoms with E-state index in [1.165, 1.54) is 6.33 Å². The summed E-state index contributed by atoms with van der Waals surface area (Å²) < 4.78 is 27.2. The Balaban J connectivity index is 1.58. The van der Waals surface area contributed by atoms with Crippen molar-refractivity contribution in [2.45, 2.75) is 25.6 Å². The molecule has 188 valence electrons. The third kappa shape index (κ3) is 4.87. The van der Waals surface area contributed by atoms with E-state index in [9.17, 15) is 0 Å². The number of likely N-dealkylation sites (N-methyl/N-ethyl adjacent to an activating group) is 1. The van der Waals surface area contributed by atoms with Crippen molar-refractivity contribution in [3.05, 3.63) is 48.7 Å². The third-order valence-corrected chi connectivity index (χ3v) is 6.28. The van der Waals surface area contributed by atoms with Crippen LogP contribution in [0.4, 0.5) is 21.7 Å². The maximum Gasteiger partial charge on any atom is 0.229 e. The number of nitrogens with one attached hydrogen (secondary N) is 1. The fourth-order valence-electron chi connectivity index (χ4n) is 4.59. The van der Waals surface area contributed by atoms with Gasteiger partial charge in [0.2, 0.25) is 5.88 Å². The summed E-state index contributed by atoms with van der Waals surface area (Å²) in [6.45, 7) is 4.26. The van der Waals surface area contributed by atoms with E-state index in [-0.39, 0.29) is 17.9 Å². The molecule has 0 radical (unpaired) electrons. The molecule has 0 aliphatic carbocycles. The summed E-state index contributed by atoms with van der Waals surface area (Å²) >= 11 is 0. The lowest BCUT2D eigenvalue weighted by molar-refractivity contribution is 0.121. The van der Waals surface area contributed by atoms with Gasteiger partial charge in [0, 0.05) is 44.4 Å². The van der Waals surface area contributed by atoms with Crippen LogP contribution in [0, 0.1) is 5.82 Å². The minimum atomic E-state index is -0.400. The average molecular weight is 492 g/mol. The minimum absolute atomic E-state index is 0.146. The quantitative estimate of drug-likeness (QED) is 0.393. The molecule has 1 aliphatic rings. The summed E-state index contributed by atoms with van der Waals surface area (Å²) in [6, 6.07) is 8.77. The maximum atomic E-state index is 15.3. The van der Waals surface area contributed by atoms with Crippen molar-refractivity contribution in [1.29, 1.82) is 0 Å². The molecular formula is C26H30FN7O2. The van der Waals surface area contributed by atoms with Crippen LogP contribution < -0.4 is 15.0 Å². The monoisotopic (exact) mass is 491 g/mol. The molecule has 4 aromatic rings. The van der Waals surface area contributed by atoms with Crippen LogP contribution in [-0.2, 0) is 4.74 Å². The van der Waals surface area contributed by atoms with Crippen LogP contribution in [0.25, 0.3) is 21.8 Å². The highest BCUT2D eigenvalue weighted by Crippen LogP contribution is 2.35. The summed E-state index contributed by atoms with van der Waals surface area (Å²) in [7, 11) is 5.71. The summed E-state index contributed by atoms with van der Waals surface area (Å²) in [4.78, 5) is 22.3. The Morgan fingerprint density at radius 1 is 1.19 bits per heavy atom. The smallest absolute Gasteiger partial charge is 0.229 e. The number of halogens is 1. The van der Waals surface area contributed by atoms with E-state index in [4.69, 9.17) is 14.5 Å². The van der Waals surface area contributed by atoms with Gasteiger partial charge < -0.3 is 24.6 Å². The molecule has 0 spiro atoms. The van der Waals surface area contributed by atoms with E-state index in [1.807, 2.05) is 27.1 Å². The third-order valence-electron chi connectivity index (χ3n) is 6.28. The molecule has 1 aromatic carbocycles. The Morgan fingerprint density at radius 3 is 2.83 bits per heavy atom. The maximum absolute atomic E-state index is 15.3. The molecule has 0 saturated carbocycles. The zero-order chi connectivity index (χ0) is 25.2. The zero-order valence-corrected chi connectivity index (χ0v) is 20.9. The van der Waals surface area contributed by atoms with Gasteiger partial charge in [-0.25, -0.2) is 14.4 Å². The lowest BCUT2D eigenvalue weighted by Crippen LogP contribution is -2.29. The van der Waals surface area contributed by atoms with Crippen molar-refractivity contribution in [1.82, 2.24) is 24.8 Å². The molecular weight excluding hydrogens is 461 g/mol. The first kappa shape index (κ1) is 24.1. The predicted octanol–water partition coefficient (Wildman–Crippen LogP) is 4.01. The first-order chi connectivity index (χ1) is 17.4. The second-order valence-electron chi connectivity index (χ2n) is 9.31. The van der Waals surface area contributed by atoms with Crippen LogP contribution in [0.15, 0.2) is 42.9 Å². The number of hydrogen-bond acceptors (Lipinski definition) is 9. The average Bonchev–Trinajstić information content (AvgIpc) is 3.35. The number of aromatic nitrogens is 4. The molecule has 0 bridgehead atoms. The van der Waals surface area contributed by atoms with Crippen LogP contribution in [0.3, 0.4) is 0 Å². The number of anilines is 3. The number of methoxy groups -OCH3 is 1. The van der Waals surface area contributed by atoms with E-state index in [0.717, 1.165) is 25.3 Å². The van der Waals surface area contributed by atoms with Crippen LogP contribution in [0.5, 0.6) is 5.88 Å². The van der Waals surface area contributed by atoms with Crippen LogP contribution in [0.1, 0.15) is 13.3 Å². The summed E-state index contributed by atoms with van der Waals surface area (Å²) in [5, 5.41) is 4.18. The Labute approximate surface area is 209 Å². The van der Waals surface area contributed by atoms with Gasteiger partial charge in [0.1, 0.15) is 29.5 Å². The van der Waals surface area contributed by atoms with Crippen molar-refractivity contribution in [2.75, 3.05) is 51.1 Å². The lowest BCUT2D eigenvalue weighted by atomic mass is 10.1. The molecule has 0 amide bonds. The van der Waals surface area contributed by atoms with Crippen molar-refractivity contribution in [2.24, 2.45) is 0 Å². The standard InChI is InChI=1S/C26H30FN7O2/c1-16(13-33(2)3)36-26-23-21(12-22(32-26)34-11-9-17(14-34)35-4)29-15-30-25(23)31-20-8-7-19-18(24(20)27)6-5-10-28-19/h5-8,10,12,15-17H,9,11,13-14H2,1-4H3,(H,29,30,31)/t16-,17-/m1/s1. The second kappa shape index (κ2) is 10.2.